The van der Waals surface area contributed by atoms with Crippen LogP contribution in [0.25, 0.3) is 0 Å². The fraction of sp³-hybridized carbons (Fsp3) is 0.611. The van der Waals surface area contributed by atoms with Gasteiger partial charge in [0.15, 0.2) is 0 Å². The summed E-state index contributed by atoms with van der Waals surface area (Å²) in [6.45, 7) is 4.60. The quantitative estimate of drug-likeness (QED) is 0.684. The van der Waals surface area contributed by atoms with Crippen LogP contribution < -0.4 is 0 Å². The lowest BCUT2D eigenvalue weighted by Gasteiger charge is -2.09. The minimum Gasteiger partial charge on any atom is -0.478 e. The first-order chi connectivity index (χ1) is 9.61. The van der Waals surface area contributed by atoms with Gasteiger partial charge in [0, 0.05) is 5.57 Å². The zero-order chi connectivity index (χ0) is 14.8. The highest BCUT2D eigenvalue weighted by atomic mass is 16.4. The molecule has 0 aromatic carbocycles. The average molecular weight is 276 g/mol. The summed E-state index contributed by atoms with van der Waals surface area (Å²) < 4.78 is 0. The van der Waals surface area contributed by atoms with Gasteiger partial charge in [0.1, 0.15) is 0 Å². The van der Waals surface area contributed by atoms with Crippen LogP contribution in [0.2, 0.25) is 0 Å². The zero-order valence-corrected chi connectivity index (χ0v) is 12.8. The molecule has 0 amide bonds. The monoisotopic (exact) mass is 276 g/mol. The fourth-order valence-corrected chi connectivity index (χ4v) is 2.61. The predicted octanol–water partition coefficient (Wildman–Crippen LogP) is 5.41. The van der Waals surface area contributed by atoms with E-state index in [1.165, 1.54) is 71.1 Å². The summed E-state index contributed by atoms with van der Waals surface area (Å²) in [6, 6.07) is 0. The van der Waals surface area contributed by atoms with Gasteiger partial charge in [-0.3, -0.25) is 0 Å². The van der Waals surface area contributed by atoms with Crippen molar-refractivity contribution in [3.05, 3.63) is 35.5 Å². The van der Waals surface area contributed by atoms with Crippen LogP contribution in [0.15, 0.2) is 35.5 Å². The summed E-state index contributed by atoms with van der Waals surface area (Å²) in [5.41, 5.74) is 3.57. The number of carbonyl (C=O) groups is 1. The lowest BCUT2D eigenvalue weighted by molar-refractivity contribution is -0.132. The molecule has 2 rings (SSSR count). The summed E-state index contributed by atoms with van der Waals surface area (Å²) in [7, 11) is 0. The Morgan fingerprint density at radius 1 is 0.950 bits per heavy atom. The molecular formula is C18H28O2. The lowest BCUT2D eigenvalue weighted by atomic mass is 9.97. The first kappa shape index (κ1) is 16.7. The summed E-state index contributed by atoms with van der Waals surface area (Å²) >= 11 is 0. The molecule has 0 aromatic heterocycles. The molecule has 0 aliphatic heterocycles. The SMILES string of the molecule is C1=C(C2=CCCCCC2)CCCCC1.C=C(C)C(=O)O. The van der Waals surface area contributed by atoms with Crippen molar-refractivity contribution in [1.82, 2.24) is 0 Å². The smallest absolute Gasteiger partial charge is 0.330 e. The Kier molecular flexibility index (Phi) is 8.01. The van der Waals surface area contributed by atoms with Crippen LogP contribution in [-0.4, -0.2) is 11.1 Å². The van der Waals surface area contributed by atoms with E-state index in [1.807, 2.05) is 0 Å². The second-order valence-corrected chi connectivity index (χ2v) is 5.74. The molecule has 1 N–H and O–H groups in total. The molecule has 2 heteroatoms. The number of rotatable bonds is 2. The second kappa shape index (κ2) is 9.57. The van der Waals surface area contributed by atoms with Gasteiger partial charge < -0.3 is 5.11 Å². The van der Waals surface area contributed by atoms with Crippen LogP contribution in [0.3, 0.4) is 0 Å². The molecule has 0 bridgehead atoms. The first-order valence-electron chi connectivity index (χ1n) is 7.88. The van der Waals surface area contributed by atoms with Crippen LogP contribution in [0.5, 0.6) is 0 Å². The van der Waals surface area contributed by atoms with Gasteiger partial charge in [-0.25, -0.2) is 4.79 Å². The molecule has 0 fully saturated rings. The van der Waals surface area contributed by atoms with Crippen molar-refractivity contribution in [3.63, 3.8) is 0 Å². The summed E-state index contributed by atoms with van der Waals surface area (Å²) in [6.07, 6.45) is 18.9. The molecule has 0 spiro atoms. The van der Waals surface area contributed by atoms with Gasteiger partial charge in [-0.1, -0.05) is 31.6 Å². The molecule has 0 atom stereocenters. The Labute approximate surface area is 123 Å². The van der Waals surface area contributed by atoms with Gasteiger partial charge >= 0.3 is 5.97 Å². The lowest BCUT2D eigenvalue weighted by Crippen LogP contribution is -1.92. The summed E-state index contributed by atoms with van der Waals surface area (Å²) in [5.74, 6) is -0.935. The topological polar surface area (TPSA) is 37.3 Å². The van der Waals surface area contributed by atoms with Crippen LogP contribution >= 0.6 is 0 Å². The molecule has 0 radical (unpaired) electrons. The Morgan fingerprint density at radius 3 is 1.70 bits per heavy atom. The van der Waals surface area contributed by atoms with E-state index >= 15 is 0 Å². The Morgan fingerprint density at radius 2 is 1.35 bits per heavy atom. The molecule has 112 valence electrons. The minimum absolute atomic E-state index is 0.176. The Hall–Kier alpha value is -1.31. The van der Waals surface area contributed by atoms with E-state index < -0.39 is 5.97 Å². The maximum atomic E-state index is 9.60. The van der Waals surface area contributed by atoms with Crippen molar-refractivity contribution in [2.75, 3.05) is 0 Å². The molecule has 0 aromatic rings. The van der Waals surface area contributed by atoms with Crippen molar-refractivity contribution in [3.8, 4) is 0 Å². The van der Waals surface area contributed by atoms with E-state index in [0.717, 1.165) is 0 Å². The van der Waals surface area contributed by atoms with Crippen LogP contribution in [0.4, 0.5) is 0 Å². The van der Waals surface area contributed by atoms with Crippen molar-refractivity contribution in [2.24, 2.45) is 0 Å². The van der Waals surface area contributed by atoms with E-state index in [-0.39, 0.29) is 5.57 Å². The van der Waals surface area contributed by atoms with Crippen LogP contribution in [0.1, 0.15) is 71.1 Å². The minimum atomic E-state index is -0.935. The third kappa shape index (κ3) is 6.74. The van der Waals surface area contributed by atoms with E-state index in [4.69, 9.17) is 5.11 Å². The largest absolute Gasteiger partial charge is 0.478 e. The Bertz CT molecular complexity index is 350. The van der Waals surface area contributed by atoms with Crippen molar-refractivity contribution in [1.29, 1.82) is 0 Å². The normalized spacial score (nSPS) is 19.4. The molecule has 20 heavy (non-hydrogen) atoms. The third-order valence-electron chi connectivity index (χ3n) is 3.86. The molecule has 2 aliphatic rings. The number of allylic oxidation sites excluding steroid dienone is 4. The molecule has 0 unspecified atom stereocenters. The van der Waals surface area contributed by atoms with Gasteiger partial charge in [-0.15, -0.1) is 0 Å². The van der Waals surface area contributed by atoms with E-state index in [2.05, 4.69) is 18.7 Å². The van der Waals surface area contributed by atoms with Crippen molar-refractivity contribution in [2.45, 2.75) is 71.1 Å². The van der Waals surface area contributed by atoms with Gasteiger partial charge in [-0.05, 0) is 69.4 Å². The highest BCUT2D eigenvalue weighted by Crippen LogP contribution is 2.29. The van der Waals surface area contributed by atoms with Crippen molar-refractivity contribution >= 4 is 5.97 Å². The van der Waals surface area contributed by atoms with E-state index in [1.54, 1.807) is 11.1 Å². The van der Waals surface area contributed by atoms with E-state index in [9.17, 15) is 4.79 Å². The summed E-state index contributed by atoms with van der Waals surface area (Å²) in [4.78, 5) is 9.60. The first-order valence-corrected chi connectivity index (χ1v) is 7.88. The Balaban J connectivity index is 0.000000286. The highest BCUT2D eigenvalue weighted by molar-refractivity contribution is 5.84. The molecule has 0 saturated carbocycles. The molecule has 0 heterocycles. The number of carboxylic acid groups (broad SMARTS) is 1. The van der Waals surface area contributed by atoms with Crippen LogP contribution in [-0.2, 0) is 4.79 Å². The van der Waals surface area contributed by atoms with Gasteiger partial charge in [0.2, 0.25) is 0 Å². The maximum Gasteiger partial charge on any atom is 0.330 e. The van der Waals surface area contributed by atoms with E-state index in [0.29, 0.717) is 0 Å². The van der Waals surface area contributed by atoms with Gasteiger partial charge in [-0.2, -0.15) is 0 Å². The summed E-state index contributed by atoms with van der Waals surface area (Å²) in [5, 5.41) is 7.89. The molecular weight excluding hydrogens is 248 g/mol. The predicted molar refractivity (Wildman–Crippen MR) is 84.8 cm³/mol. The fourth-order valence-electron chi connectivity index (χ4n) is 2.61. The number of carboxylic acids is 1. The average Bonchev–Trinajstić information content (AvgIpc) is 2.84. The second-order valence-electron chi connectivity index (χ2n) is 5.74. The van der Waals surface area contributed by atoms with Gasteiger partial charge in [0.05, 0.1) is 0 Å². The number of hydrogen-bond donors (Lipinski definition) is 1. The molecule has 0 saturated heterocycles. The molecule has 2 aliphatic carbocycles. The third-order valence-corrected chi connectivity index (χ3v) is 3.86. The maximum absolute atomic E-state index is 9.60. The zero-order valence-electron chi connectivity index (χ0n) is 12.8. The standard InChI is InChI=1S/C14H22.C4H6O2/c1-2-6-10-13(9-5-1)14-11-7-3-4-8-12-14;1-3(2)4(5)6/h9,11H,1-8,10,12H2;1H2,2H3,(H,5,6). The van der Waals surface area contributed by atoms with Crippen LogP contribution in [0, 0.1) is 0 Å². The van der Waals surface area contributed by atoms with Gasteiger partial charge in [0.25, 0.3) is 0 Å². The van der Waals surface area contributed by atoms with Crippen molar-refractivity contribution < 1.29 is 9.90 Å². The molecule has 2 nitrogen and oxygen atoms in total. The number of aliphatic carboxylic acids is 1. The number of hydrogen-bond acceptors (Lipinski definition) is 1. The highest BCUT2D eigenvalue weighted by Gasteiger charge is 2.09.